The number of nitro benzene ring substituents is 1. The molecule has 0 saturated heterocycles. The Balaban J connectivity index is 1.72. The largest absolute Gasteiger partial charge is 0.350 e. The number of amides is 1. The highest BCUT2D eigenvalue weighted by Gasteiger charge is 2.18. The van der Waals surface area contributed by atoms with E-state index in [-0.39, 0.29) is 17.3 Å². The number of hydrogen-bond donors (Lipinski definition) is 1. The first-order chi connectivity index (χ1) is 13.8. The number of benzene rings is 2. The zero-order valence-electron chi connectivity index (χ0n) is 16.9. The van der Waals surface area contributed by atoms with Gasteiger partial charge < -0.3 is 5.32 Å². The Hall–Kier alpha value is -3.55. The van der Waals surface area contributed by atoms with E-state index in [2.05, 4.69) is 48.5 Å². The van der Waals surface area contributed by atoms with Crippen LogP contribution in [0.25, 0.3) is 5.69 Å². The molecule has 8 nitrogen and oxygen atoms in total. The van der Waals surface area contributed by atoms with Gasteiger partial charge in [-0.15, -0.1) is 5.10 Å². The van der Waals surface area contributed by atoms with Gasteiger partial charge in [-0.2, -0.15) is 0 Å². The minimum absolute atomic E-state index is 0.0489. The van der Waals surface area contributed by atoms with Crippen molar-refractivity contribution in [3.05, 3.63) is 80.2 Å². The van der Waals surface area contributed by atoms with Gasteiger partial charge in [0.1, 0.15) is 0 Å². The molecule has 150 valence electrons. The summed E-state index contributed by atoms with van der Waals surface area (Å²) in [5, 5.41) is 21.8. The summed E-state index contributed by atoms with van der Waals surface area (Å²) in [6.07, 6.45) is 0.724. The summed E-state index contributed by atoms with van der Waals surface area (Å²) in [5.41, 5.74) is 6.03. The van der Waals surface area contributed by atoms with Gasteiger partial charge in [0.2, 0.25) is 0 Å². The highest BCUT2D eigenvalue weighted by Crippen LogP contribution is 2.19. The van der Waals surface area contributed by atoms with Gasteiger partial charge in [-0.25, -0.2) is 4.68 Å². The maximum Gasteiger partial charge on any atom is 0.273 e. The predicted octanol–water partition coefficient (Wildman–Crippen LogP) is 3.38. The summed E-state index contributed by atoms with van der Waals surface area (Å²) < 4.78 is 1.43. The van der Waals surface area contributed by atoms with E-state index in [0.29, 0.717) is 17.9 Å². The van der Waals surface area contributed by atoms with Crippen LogP contribution in [0, 0.1) is 37.8 Å². The second-order valence-corrected chi connectivity index (χ2v) is 7.10. The number of carbonyl (C=O) groups is 1. The number of carbonyl (C=O) groups excluding carboxylic acids is 1. The summed E-state index contributed by atoms with van der Waals surface area (Å²) in [5.74, 6) is -0.318. The van der Waals surface area contributed by atoms with Gasteiger partial charge in [0.25, 0.3) is 11.6 Å². The maximum atomic E-state index is 12.6. The van der Waals surface area contributed by atoms with Gasteiger partial charge in [0, 0.05) is 18.7 Å². The normalized spacial score (nSPS) is 10.8. The van der Waals surface area contributed by atoms with Gasteiger partial charge in [-0.1, -0.05) is 29.0 Å². The Morgan fingerprint density at radius 1 is 1.14 bits per heavy atom. The monoisotopic (exact) mass is 393 g/mol. The number of nitrogens with one attached hydrogen (secondary N) is 1. The quantitative estimate of drug-likeness (QED) is 0.511. The first-order valence-corrected chi connectivity index (χ1v) is 9.30. The fourth-order valence-corrected chi connectivity index (χ4v) is 3.51. The summed E-state index contributed by atoms with van der Waals surface area (Å²) in [6, 6.07) is 10.3. The fraction of sp³-hybridized carbons (Fsp3) is 0.286. The number of rotatable bonds is 6. The lowest BCUT2D eigenvalue weighted by molar-refractivity contribution is -0.384. The molecule has 1 N–H and O–H groups in total. The van der Waals surface area contributed by atoms with Gasteiger partial charge in [0.05, 0.1) is 16.3 Å². The first kappa shape index (κ1) is 20.2. The van der Waals surface area contributed by atoms with Gasteiger partial charge in [-0.3, -0.25) is 14.9 Å². The van der Waals surface area contributed by atoms with Crippen LogP contribution in [0.3, 0.4) is 0 Å². The lowest BCUT2D eigenvalue weighted by Gasteiger charge is -2.11. The molecule has 3 rings (SSSR count). The number of nitrogens with zero attached hydrogens (tertiary/aromatic N) is 4. The molecular weight excluding hydrogens is 370 g/mol. The number of hydrogen-bond acceptors (Lipinski definition) is 5. The molecule has 1 amide bonds. The summed E-state index contributed by atoms with van der Waals surface area (Å²) in [7, 11) is 0. The summed E-state index contributed by atoms with van der Waals surface area (Å²) in [6.45, 7) is 8.41. The molecule has 29 heavy (non-hydrogen) atoms. The molecule has 1 aromatic heterocycles. The molecule has 0 bridgehead atoms. The lowest BCUT2D eigenvalue weighted by atomic mass is 9.97. The van der Waals surface area contributed by atoms with Gasteiger partial charge in [-0.05, 0) is 56.9 Å². The Morgan fingerprint density at radius 3 is 2.48 bits per heavy atom. The third kappa shape index (κ3) is 4.31. The number of aryl methyl sites for hydroxylation is 3. The number of aromatic nitrogens is 3. The molecular formula is C21H23N5O3. The van der Waals surface area contributed by atoms with Crippen LogP contribution < -0.4 is 5.32 Å². The maximum absolute atomic E-state index is 12.6. The smallest absolute Gasteiger partial charge is 0.273 e. The number of non-ortho nitro benzene ring substituents is 1. The van der Waals surface area contributed by atoms with Crippen molar-refractivity contribution in [2.75, 3.05) is 6.54 Å². The molecule has 0 spiro atoms. The first-order valence-electron chi connectivity index (χ1n) is 9.30. The zero-order chi connectivity index (χ0) is 21.1. The molecule has 2 aromatic carbocycles. The van der Waals surface area contributed by atoms with Gasteiger partial charge in [0.15, 0.2) is 5.69 Å². The SMILES string of the molecule is Cc1cc(C)c(CCNC(=O)c2nnn(-c3cccc([N+](=O)[O-])c3)c2C)c(C)c1. The molecule has 0 atom stereocenters. The molecule has 0 fully saturated rings. The topological polar surface area (TPSA) is 103 Å². The van der Waals surface area contributed by atoms with Crippen LogP contribution in [-0.2, 0) is 6.42 Å². The van der Waals surface area contributed by atoms with Crippen molar-refractivity contribution >= 4 is 11.6 Å². The molecule has 0 aliphatic rings. The van der Waals surface area contributed by atoms with Crippen molar-refractivity contribution in [1.82, 2.24) is 20.3 Å². The molecule has 0 unspecified atom stereocenters. The van der Waals surface area contributed by atoms with E-state index < -0.39 is 4.92 Å². The highest BCUT2D eigenvalue weighted by atomic mass is 16.6. The molecule has 0 radical (unpaired) electrons. The van der Waals surface area contributed by atoms with E-state index in [0.717, 1.165) is 6.42 Å². The molecule has 0 saturated carbocycles. The molecule has 3 aromatic rings. The third-order valence-corrected chi connectivity index (χ3v) is 4.90. The Labute approximate surface area is 168 Å². The molecule has 0 aliphatic heterocycles. The van der Waals surface area contributed by atoms with E-state index >= 15 is 0 Å². The average Bonchev–Trinajstić information content (AvgIpc) is 3.05. The molecule has 1 heterocycles. The molecule has 0 aliphatic carbocycles. The van der Waals surface area contributed by atoms with Crippen LogP contribution in [0.4, 0.5) is 5.69 Å². The van der Waals surface area contributed by atoms with Crippen molar-refractivity contribution in [3.63, 3.8) is 0 Å². The second kappa shape index (κ2) is 8.22. The van der Waals surface area contributed by atoms with Crippen LogP contribution in [0.5, 0.6) is 0 Å². The number of nitro groups is 1. The van der Waals surface area contributed by atoms with Crippen LogP contribution in [-0.4, -0.2) is 32.4 Å². The van der Waals surface area contributed by atoms with Crippen molar-refractivity contribution in [1.29, 1.82) is 0 Å². The van der Waals surface area contributed by atoms with E-state index in [1.165, 1.54) is 39.1 Å². The van der Waals surface area contributed by atoms with Crippen LogP contribution >= 0.6 is 0 Å². The Kier molecular flexibility index (Phi) is 5.72. The predicted molar refractivity (Wildman–Crippen MR) is 109 cm³/mol. The standard InChI is InChI=1S/C21H23N5O3/c1-13-10-14(2)19(15(3)11-13)8-9-22-21(27)20-16(4)25(24-23-20)17-6-5-7-18(12-17)26(28)29/h5-7,10-12H,8-9H2,1-4H3,(H,22,27). The third-order valence-electron chi connectivity index (χ3n) is 4.90. The van der Waals surface area contributed by atoms with Gasteiger partial charge >= 0.3 is 0 Å². The second-order valence-electron chi connectivity index (χ2n) is 7.10. The van der Waals surface area contributed by atoms with Crippen molar-refractivity contribution in [2.45, 2.75) is 34.1 Å². The fourth-order valence-electron chi connectivity index (χ4n) is 3.51. The summed E-state index contributed by atoms with van der Waals surface area (Å²) >= 11 is 0. The van der Waals surface area contributed by atoms with Crippen molar-refractivity contribution in [3.8, 4) is 5.69 Å². The van der Waals surface area contributed by atoms with Crippen molar-refractivity contribution in [2.24, 2.45) is 0 Å². The highest BCUT2D eigenvalue weighted by molar-refractivity contribution is 5.93. The Morgan fingerprint density at radius 2 is 1.83 bits per heavy atom. The average molecular weight is 393 g/mol. The van der Waals surface area contributed by atoms with E-state index in [1.807, 2.05) is 0 Å². The molecule has 8 heteroatoms. The zero-order valence-corrected chi connectivity index (χ0v) is 16.9. The minimum Gasteiger partial charge on any atom is -0.350 e. The summed E-state index contributed by atoms with van der Waals surface area (Å²) in [4.78, 5) is 23.1. The van der Waals surface area contributed by atoms with E-state index in [4.69, 9.17) is 0 Å². The van der Waals surface area contributed by atoms with Crippen LogP contribution in [0.2, 0.25) is 0 Å². The van der Waals surface area contributed by atoms with Crippen LogP contribution in [0.1, 0.15) is 38.4 Å². The lowest BCUT2D eigenvalue weighted by Crippen LogP contribution is -2.27. The van der Waals surface area contributed by atoms with Crippen LogP contribution in [0.15, 0.2) is 36.4 Å². The van der Waals surface area contributed by atoms with E-state index in [9.17, 15) is 14.9 Å². The minimum atomic E-state index is -0.474. The van der Waals surface area contributed by atoms with E-state index in [1.54, 1.807) is 19.1 Å². The Bertz CT molecular complexity index is 1060. The van der Waals surface area contributed by atoms with Crippen molar-refractivity contribution < 1.29 is 9.72 Å².